The summed E-state index contributed by atoms with van der Waals surface area (Å²) in [6.07, 6.45) is -4.66. The molecule has 0 aliphatic heterocycles. The summed E-state index contributed by atoms with van der Waals surface area (Å²) in [5, 5.41) is 2.81. The van der Waals surface area contributed by atoms with Crippen LogP contribution < -0.4 is 16.6 Å². The predicted octanol–water partition coefficient (Wildman–Crippen LogP) is 6.80. The van der Waals surface area contributed by atoms with Crippen LogP contribution in [0, 0.1) is 5.82 Å². The molecular weight excluding hydrogens is 590 g/mol. The van der Waals surface area contributed by atoms with Crippen LogP contribution in [0.1, 0.15) is 43.5 Å². The van der Waals surface area contributed by atoms with E-state index >= 15 is 0 Å². The summed E-state index contributed by atoms with van der Waals surface area (Å²) in [6.45, 7) is 3.73. The van der Waals surface area contributed by atoms with Gasteiger partial charge >= 0.3 is 18.0 Å². The van der Waals surface area contributed by atoms with Crippen LogP contribution in [0.2, 0.25) is 5.02 Å². The Labute approximate surface area is 249 Å². The number of hydrogen-bond acceptors (Lipinski definition) is 4. The molecule has 3 aromatic carbocycles. The van der Waals surface area contributed by atoms with Gasteiger partial charge in [0.05, 0.1) is 30.3 Å². The first-order valence-electron chi connectivity index (χ1n) is 13.1. The zero-order valence-corrected chi connectivity index (χ0v) is 24.2. The van der Waals surface area contributed by atoms with Gasteiger partial charge in [0.2, 0.25) is 0 Å². The lowest BCUT2D eigenvalue weighted by atomic mass is 10.1. The first kappa shape index (κ1) is 31.6. The largest absolute Gasteiger partial charge is 0.444 e. The second kappa shape index (κ2) is 12.5. The minimum Gasteiger partial charge on any atom is -0.444 e. The molecule has 0 saturated heterocycles. The van der Waals surface area contributed by atoms with E-state index in [9.17, 15) is 31.9 Å². The number of rotatable bonds is 7. The third-order valence-corrected chi connectivity index (χ3v) is 6.74. The maximum atomic E-state index is 14.8. The number of hydrogen-bond donors (Lipinski definition) is 1. The second-order valence-electron chi connectivity index (χ2n) is 10.7. The molecule has 0 bridgehead atoms. The minimum absolute atomic E-state index is 0.112. The van der Waals surface area contributed by atoms with E-state index in [0.717, 1.165) is 27.5 Å². The maximum absolute atomic E-state index is 14.8. The number of alkyl halides is 3. The summed E-state index contributed by atoms with van der Waals surface area (Å²) >= 11 is 6.36. The standard InChI is InChI=1S/C31H28ClF4N3O4/c1-30(2,3)43-28(41)37-26(19-10-5-4-6-11-19)18-39-27(40)21(20-12-7-8-14-24(20)32)16-38(29(39)42)17-22-23(31(34,35)36)13-9-15-25(22)33/h4-16,26H,17-18H2,1-3H3,(H,37,41)/t26-/m0/s1. The Bertz CT molecular complexity index is 1750. The molecule has 226 valence electrons. The van der Waals surface area contributed by atoms with Crippen LogP contribution in [0.4, 0.5) is 22.4 Å². The van der Waals surface area contributed by atoms with Crippen molar-refractivity contribution in [2.45, 2.75) is 51.7 Å². The molecule has 0 aliphatic rings. The lowest BCUT2D eigenvalue weighted by molar-refractivity contribution is -0.138. The molecule has 12 heteroatoms. The van der Waals surface area contributed by atoms with E-state index in [0.29, 0.717) is 11.6 Å². The van der Waals surface area contributed by atoms with Crippen LogP contribution in [0.3, 0.4) is 0 Å². The van der Waals surface area contributed by atoms with Crippen molar-refractivity contribution in [3.8, 4) is 11.1 Å². The molecule has 1 amide bonds. The first-order valence-corrected chi connectivity index (χ1v) is 13.5. The Hall–Kier alpha value is -4.38. The number of nitrogens with one attached hydrogen (secondary N) is 1. The zero-order valence-electron chi connectivity index (χ0n) is 23.4. The van der Waals surface area contributed by atoms with E-state index in [-0.39, 0.29) is 16.1 Å². The fourth-order valence-corrected chi connectivity index (χ4v) is 4.74. The minimum atomic E-state index is -4.91. The van der Waals surface area contributed by atoms with Crippen molar-refractivity contribution in [2.75, 3.05) is 0 Å². The molecule has 0 spiro atoms. The normalized spacial score (nSPS) is 12.6. The Kier molecular flexibility index (Phi) is 9.15. The Morgan fingerprint density at radius 1 is 0.930 bits per heavy atom. The maximum Gasteiger partial charge on any atom is 0.416 e. The van der Waals surface area contributed by atoms with Gasteiger partial charge < -0.3 is 10.1 Å². The van der Waals surface area contributed by atoms with Gasteiger partial charge in [-0.25, -0.2) is 14.0 Å². The molecule has 0 radical (unpaired) electrons. The molecule has 1 aromatic heterocycles. The van der Waals surface area contributed by atoms with Gasteiger partial charge in [0.1, 0.15) is 11.4 Å². The van der Waals surface area contributed by atoms with Crippen LogP contribution in [0.25, 0.3) is 11.1 Å². The van der Waals surface area contributed by atoms with Crippen molar-refractivity contribution in [1.82, 2.24) is 14.5 Å². The number of aromatic nitrogens is 2. The van der Waals surface area contributed by atoms with Crippen LogP contribution in [0.5, 0.6) is 0 Å². The third kappa shape index (κ3) is 7.53. The highest BCUT2D eigenvalue weighted by atomic mass is 35.5. The van der Waals surface area contributed by atoms with E-state index in [1.165, 1.54) is 12.1 Å². The van der Waals surface area contributed by atoms with Crippen LogP contribution >= 0.6 is 11.6 Å². The highest BCUT2D eigenvalue weighted by Gasteiger charge is 2.35. The summed E-state index contributed by atoms with van der Waals surface area (Å²) < 4.78 is 63.2. The van der Waals surface area contributed by atoms with Gasteiger partial charge in [-0.05, 0) is 44.5 Å². The van der Waals surface area contributed by atoms with Gasteiger partial charge in [-0.15, -0.1) is 0 Å². The lowest BCUT2D eigenvalue weighted by Crippen LogP contribution is -2.45. The lowest BCUT2D eigenvalue weighted by Gasteiger charge is -2.25. The molecule has 1 N–H and O–H groups in total. The van der Waals surface area contributed by atoms with E-state index in [1.54, 1.807) is 63.2 Å². The molecule has 0 fully saturated rings. The Morgan fingerprint density at radius 2 is 1.58 bits per heavy atom. The smallest absolute Gasteiger partial charge is 0.416 e. The summed E-state index contributed by atoms with van der Waals surface area (Å²) in [4.78, 5) is 40.3. The third-order valence-electron chi connectivity index (χ3n) is 6.41. The van der Waals surface area contributed by atoms with Crippen molar-refractivity contribution >= 4 is 17.7 Å². The van der Waals surface area contributed by atoms with E-state index in [2.05, 4.69) is 5.32 Å². The van der Waals surface area contributed by atoms with Gasteiger partial charge in [0, 0.05) is 22.3 Å². The topological polar surface area (TPSA) is 82.3 Å². The number of halogens is 5. The Balaban J connectivity index is 1.91. The fourth-order valence-electron chi connectivity index (χ4n) is 4.50. The summed E-state index contributed by atoms with van der Waals surface area (Å²) in [5.41, 5.74) is -4.12. The number of amides is 1. The highest BCUT2D eigenvalue weighted by Crippen LogP contribution is 2.33. The van der Waals surface area contributed by atoms with Crippen molar-refractivity contribution in [1.29, 1.82) is 0 Å². The quantitative estimate of drug-likeness (QED) is 0.231. The van der Waals surface area contributed by atoms with Crippen LogP contribution in [-0.2, 0) is 24.0 Å². The summed E-state index contributed by atoms with van der Waals surface area (Å²) in [7, 11) is 0. The zero-order chi connectivity index (χ0) is 31.5. The molecule has 4 rings (SSSR count). The SMILES string of the molecule is CC(C)(C)OC(=O)N[C@@H](Cn1c(=O)c(-c2ccccc2Cl)cn(Cc2c(F)cccc2C(F)(F)F)c1=O)c1ccccc1. The van der Waals surface area contributed by atoms with Gasteiger partial charge in [-0.2, -0.15) is 13.2 Å². The molecule has 4 aromatic rings. The average Bonchev–Trinajstić information content (AvgIpc) is 2.92. The van der Waals surface area contributed by atoms with Gasteiger partial charge in [-0.1, -0.05) is 66.2 Å². The van der Waals surface area contributed by atoms with Crippen molar-refractivity contribution in [3.63, 3.8) is 0 Å². The second-order valence-corrected chi connectivity index (χ2v) is 11.1. The molecule has 1 atom stereocenters. The van der Waals surface area contributed by atoms with Gasteiger partial charge in [-0.3, -0.25) is 13.9 Å². The number of carbonyl (C=O) groups excluding carboxylic acids is 1. The molecule has 43 heavy (non-hydrogen) atoms. The number of ether oxygens (including phenoxy) is 1. The van der Waals surface area contributed by atoms with Gasteiger partial charge in [0.15, 0.2) is 0 Å². The molecule has 0 saturated carbocycles. The monoisotopic (exact) mass is 617 g/mol. The first-order chi connectivity index (χ1) is 20.2. The number of alkyl carbamates (subject to hydrolysis) is 1. The van der Waals surface area contributed by atoms with E-state index in [4.69, 9.17) is 16.3 Å². The highest BCUT2D eigenvalue weighted by molar-refractivity contribution is 6.33. The van der Waals surface area contributed by atoms with Gasteiger partial charge in [0.25, 0.3) is 5.56 Å². The summed E-state index contributed by atoms with van der Waals surface area (Å²) in [5.74, 6) is -1.17. The molecular formula is C31H28ClF4N3O4. The summed E-state index contributed by atoms with van der Waals surface area (Å²) in [6, 6.07) is 16.2. The van der Waals surface area contributed by atoms with Crippen molar-refractivity contribution in [3.05, 3.63) is 127 Å². The Morgan fingerprint density at radius 3 is 2.21 bits per heavy atom. The van der Waals surface area contributed by atoms with E-state index < -0.39 is 65.2 Å². The molecule has 0 unspecified atom stereocenters. The number of nitrogens with zero attached hydrogens (tertiary/aromatic N) is 2. The molecule has 1 heterocycles. The van der Waals surface area contributed by atoms with Crippen molar-refractivity contribution in [2.24, 2.45) is 0 Å². The van der Waals surface area contributed by atoms with Crippen LogP contribution in [0.15, 0.2) is 88.6 Å². The number of carbonyl (C=O) groups is 1. The average molecular weight is 618 g/mol. The number of benzene rings is 3. The predicted molar refractivity (Wildman–Crippen MR) is 154 cm³/mol. The molecule has 0 aliphatic carbocycles. The van der Waals surface area contributed by atoms with Crippen LogP contribution in [-0.4, -0.2) is 20.8 Å². The van der Waals surface area contributed by atoms with Crippen molar-refractivity contribution < 1.29 is 27.1 Å². The molecule has 7 nitrogen and oxygen atoms in total. The van der Waals surface area contributed by atoms with E-state index in [1.807, 2.05) is 0 Å². The fraction of sp³-hybridized carbons (Fsp3) is 0.258.